The van der Waals surface area contributed by atoms with Crippen molar-refractivity contribution in [2.45, 2.75) is 58.0 Å². The molecule has 3 aliphatic rings. The van der Waals surface area contributed by atoms with Gasteiger partial charge in [-0.3, -0.25) is 4.79 Å². The molecule has 0 spiro atoms. The van der Waals surface area contributed by atoms with E-state index < -0.39 is 6.10 Å². The summed E-state index contributed by atoms with van der Waals surface area (Å²) in [5, 5.41) is 9.84. The van der Waals surface area contributed by atoms with Gasteiger partial charge in [-0.1, -0.05) is 25.5 Å². The summed E-state index contributed by atoms with van der Waals surface area (Å²) in [5.74, 6) is 0.669. The fourth-order valence-corrected chi connectivity index (χ4v) is 5.94. The molecular weight excluding hydrogens is 455 g/mol. The Labute approximate surface area is 214 Å². The van der Waals surface area contributed by atoms with Crippen LogP contribution in [0, 0.1) is 17.2 Å². The second-order valence-corrected chi connectivity index (χ2v) is 11.5. The van der Waals surface area contributed by atoms with Crippen molar-refractivity contribution in [1.29, 1.82) is 0 Å². The van der Waals surface area contributed by atoms with Gasteiger partial charge in [0.2, 0.25) is 0 Å². The second kappa shape index (κ2) is 10.9. The summed E-state index contributed by atoms with van der Waals surface area (Å²) < 4.78 is 20.9. The lowest BCUT2D eigenvalue weighted by atomic mass is 9.70. The van der Waals surface area contributed by atoms with E-state index in [1.165, 1.54) is 31.9 Å². The molecule has 194 valence electrons. The van der Waals surface area contributed by atoms with E-state index >= 15 is 0 Å². The van der Waals surface area contributed by atoms with Gasteiger partial charge in [-0.2, -0.15) is 0 Å². The molecule has 2 heterocycles. The Morgan fingerprint density at radius 3 is 2.44 bits per heavy atom. The van der Waals surface area contributed by atoms with Crippen LogP contribution >= 0.6 is 0 Å². The van der Waals surface area contributed by atoms with Crippen LogP contribution < -0.4 is 4.74 Å². The second-order valence-electron chi connectivity index (χ2n) is 11.5. The monoisotopic (exact) mass is 494 g/mol. The molecule has 0 bridgehead atoms. The third-order valence-electron chi connectivity index (χ3n) is 8.43. The Kier molecular flexibility index (Phi) is 7.63. The molecule has 1 amide bonds. The van der Waals surface area contributed by atoms with Gasteiger partial charge in [-0.15, -0.1) is 0 Å². The number of rotatable bonds is 7. The van der Waals surface area contributed by atoms with Gasteiger partial charge in [0.1, 0.15) is 11.6 Å². The SMILES string of the molecule is CC1(CN2CCC(COc3ccc(-c4ccc(C(=O)N5CCC[C@@H](O)C5)cc4)c(F)c3)CC2)CCC1. The minimum Gasteiger partial charge on any atom is -0.493 e. The predicted octanol–water partition coefficient (Wildman–Crippen LogP) is 5.37. The topological polar surface area (TPSA) is 53.0 Å². The van der Waals surface area contributed by atoms with Crippen LogP contribution in [-0.2, 0) is 0 Å². The molecule has 1 N–H and O–H groups in total. The number of likely N-dealkylation sites (tertiary alicyclic amines) is 2. The van der Waals surface area contributed by atoms with Gasteiger partial charge in [-0.05, 0) is 92.8 Å². The Balaban J connectivity index is 1.12. The lowest BCUT2D eigenvalue weighted by molar-refractivity contribution is 0.0474. The van der Waals surface area contributed by atoms with Crippen molar-refractivity contribution < 1.29 is 19.0 Å². The van der Waals surface area contributed by atoms with E-state index in [1.807, 2.05) is 6.07 Å². The van der Waals surface area contributed by atoms with E-state index in [0.29, 0.717) is 47.9 Å². The van der Waals surface area contributed by atoms with Crippen molar-refractivity contribution in [3.8, 4) is 16.9 Å². The summed E-state index contributed by atoms with van der Waals surface area (Å²) in [5.41, 5.74) is 2.31. The average molecular weight is 495 g/mol. The highest BCUT2D eigenvalue weighted by molar-refractivity contribution is 5.94. The highest BCUT2D eigenvalue weighted by atomic mass is 19.1. The third kappa shape index (κ3) is 5.92. The first-order valence-electron chi connectivity index (χ1n) is 13.6. The van der Waals surface area contributed by atoms with E-state index in [4.69, 9.17) is 4.74 Å². The van der Waals surface area contributed by atoms with E-state index in [-0.39, 0.29) is 11.7 Å². The normalized spacial score (nSPS) is 22.8. The van der Waals surface area contributed by atoms with Crippen molar-refractivity contribution in [2.24, 2.45) is 11.3 Å². The van der Waals surface area contributed by atoms with Gasteiger partial charge >= 0.3 is 0 Å². The van der Waals surface area contributed by atoms with Crippen molar-refractivity contribution in [1.82, 2.24) is 9.80 Å². The molecule has 0 aromatic heterocycles. The van der Waals surface area contributed by atoms with Gasteiger partial charge in [-0.25, -0.2) is 4.39 Å². The summed E-state index contributed by atoms with van der Waals surface area (Å²) in [6, 6.07) is 12.1. The number of benzene rings is 2. The van der Waals surface area contributed by atoms with E-state index in [9.17, 15) is 14.3 Å². The number of aliphatic hydroxyl groups excluding tert-OH is 1. The number of hydrogen-bond acceptors (Lipinski definition) is 4. The first kappa shape index (κ1) is 25.2. The van der Waals surface area contributed by atoms with Crippen LogP contribution in [-0.4, -0.2) is 66.2 Å². The van der Waals surface area contributed by atoms with Crippen molar-refractivity contribution >= 4 is 5.91 Å². The molecular formula is C30H39FN2O3. The molecule has 2 saturated heterocycles. The van der Waals surface area contributed by atoms with Crippen molar-refractivity contribution in [3.05, 3.63) is 53.8 Å². The minimum atomic E-state index is -0.454. The fraction of sp³-hybridized carbons (Fsp3) is 0.567. The number of aliphatic hydroxyl groups is 1. The Bertz CT molecular complexity index is 1040. The molecule has 3 fully saturated rings. The predicted molar refractivity (Wildman–Crippen MR) is 140 cm³/mol. The number of β-amino-alcohol motifs (C(OH)–C–C–N with tert-alkyl or cyclic N) is 1. The summed E-state index contributed by atoms with van der Waals surface area (Å²) >= 11 is 0. The number of carbonyl (C=O) groups excluding carboxylic acids is 1. The minimum absolute atomic E-state index is 0.0902. The quantitative estimate of drug-likeness (QED) is 0.562. The molecule has 0 unspecified atom stereocenters. The molecule has 1 saturated carbocycles. The molecule has 5 rings (SSSR count). The standard InChI is InChI=1S/C30H39FN2O3/c1-30(13-3-14-30)21-32-16-11-22(12-17-32)20-36-26-9-10-27(28(31)18-26)23-5-7-24(8-6-23)29(35)33-15-2-4-25(34)19-33/h5-10,18,22,25,34H,2-4,11-17,19-21H2,1H3/t25-/m1/s1. The van der Waals surface area contributed by atoms with Gasteiger partial charge in [0.25, 0.3) is 5.91 Å². The van der Waals surface area contributed by atoms with Gasteiger partial charge in [0, 0.05) is 36.8 Å². The molecule has 6 heteroatoms. The Morgan fingerprint density at radius 1 is 1.06 bits per heavy atom. The Hall–Kier alpha value is -2.44. The van der Waals surface area contributed by atoms with Gasteiger partial charge in [0.05, 0.1) is 12.7 Å². The lowest BCUT2D eigenvalue weighted by Crippen LogP contribution is -2.44. The zero-order valence-electron chi connectivity index (χ0n) is 21.4. The van der Waals surface area contributed by atoms with Crippen LogP contribution in [0.2, 0.25) is 0 Å². The maximum atomic E-state index is 15.0. The first-order valence-corrected chi connectivity index (χ1v) is 13.6. The number of piperidine rings is 2. The molecule has 1 aliphatic carbocycles. The average Bonchev–Trinajstić information content (AvgIpc) is 2.87. The maximum absolute atomic E-state index is 15.0. The lowest BCUT2D eigenvalue weighted by Gasteiger charge is -2.44. The summed E-state index contributed by atoms with van der Waals surface area (Å²) in [6.07, 6.45) is 7.48. The molecule has 1 atom stereocenters. The number of nitrogens with zero attached hydrogens (tertiary/aromatic N) is 2. The number of halogens is 1. The molecule has 36 heavy (non-hydrogen) atoms. The zero-order chi connectivity index (χ0) is 25.1. The summed E-state index contributed by atoms with van der Waals surface area (Å²) in [4.78, 5) is 17.0. The summed E-state index contributed by atoms with van der Waals surface area (Å²) in [6.45, 7) is 7.57. The number of amides is 1. The maximum Gasteiger partial charge on any atom is 0.253 e. The smallest absolute Gasteiger partial charge is 0.253 e. The number of hydrogen-bond donors (Lipinski definition) is 1. The zero-order valence-corrected chi connectivity index (χ0v) is 21.4. The molecule has 2 aromatic carbocycles. The fourth-order valence-electron chi connectivity index (χ4n) is 5.94. The molecule has 2 aromatic rings. The van der Waals surface area contributed by atoms with Crippen LogP contribution in [0.4, 0.5) is 4.39 Å². The number of carbonyl (C=O) groups is 1. The largest absolute Gasteiger partial charge is 0.493 e. The van der Waals surface area contributed by atoms with Crippen LogP contribution in [0.1, 0.15) is 62.2 Å². The van der Waals surface area contributed by atoms with Gasteiger partial charge in [0.15, 0.2) is 0 Å². The van der Waals surface area contributed by atoms with Crippen LogP contribution in [0.3, 0.4) is 0 Å². The highest BCUT2D eigenvalue weighted by Gasteiger charge is 2.34. The third-order valence-corrected chi connectivity index (χ3v) is 8.43. The van der Waals surface area contributed by atoms with Crippen LogP contribution in [0.15, 0.2) is 42.5 Å². The molecule has 0 radical (unpaired) electrons. The van der Waals surface area contributed by atoms with E-state index in [0.717, 1.165) is 44.3 Å². The molecule has 5 nitrogen and oxygen atoms in total. The number of ether oxygens (including phenoxy) is 1. The molecule has 2 aliphatic heterocycles. The van der Waals surface area contributed by atoms with E-state index in [2.05, 4.69) is 11.8 Å². The Morgan fingerprint density at radius 2 is 1.81 bits per heavy atom. The highest BCUT2D eigenvalue weighted by Crippen LogP contribution is 2.41. The van der Waals surface area contributed by atoms with Crippen LogP contribution in [0.25, 0.3) is 11.1 Å². The van der Waals surface area contributed by atoms with Crippen molar-refractivity contribution in [3.63, 3.8) is 0 Å². The first-order chi connectivity index (χ1) is 17.4. The van der Waals surface area contributed by atoms with Gasteiger partial charge < -0.3 is 19.6 Å². The summed E-state index contributed by atoms with van der Waals surface area (Å²) in [7, 11) is 0. The van der Waals surface area contributed by atoms with Crippen molar-refractivity contribution in [2.75, 3.05) is 39.3 Å². The van der Waals surface area contributed by atoms with Crippen LogP contribution in [0.5, 0.6) is 5.75 Å². The van der Waals surface area contributed by atoms with E-state index in [1.54, 1.807) is 35.2 Å².